The van der Waals surface area contributed by atoms with Gasteiger partial charge in [0.2, 0.25) is 0 Å². The van der Waals surface area contributed by atoms with Crippen LogP contribution in [0.1, 0.15) is 38.2 Å². The van der Waals surface area contributed by atoms with Crippen molar-refractivity contribution in [1.29, 1.82) is 0 Å². The van der Waals surface area contributed by atoms with Gasteiger partial charge in [0.15, 0.2) is 0 Å². The molecule has 1 aliphatic rings. The molecule has 1 heterocycles. The Bertz CT molecular complexity index is 380. The second kappa shape index (κ2) is 5.87. The van der Waals surface area contributed by atoms with Crippen molar-refractivity contribution < 1.29 is 5.11 Å². The molecule has 0 aromatic heterocycles. The Balaban J connectivity index is 2.10. The molecular formula is C14H20BrNO. The van der Waals surface area contributed by atoms with Crippen molar-refractivity contribution in [1.82, 2.24) is 4.90 Å². The number of likely N-dealkylation sites (tertiary alicyclic amines) is 1. The second-order valence-electron chi connectivity index (χ2n) is 4.80. The van der Waals surface area contributed by atoms with E-state index in [1.165, 1.54) is 37.8 Å². The Hall–Kier alpha value is -0.540. The summed E-state index contributed by atoms with van der Waals surface area (Å²) < 4.78 is 1.09. The summed E-state index contributed by atoms with van der Waals surface area (Å²) in [7, 11) is 0. The van der Waals surface area contributed by atoms with Crippen LogP contribution in [0.2, 0.25) is 0 Å². The molecule has 0 radical (unpaired) electrons. The zero-order chi connectivity index (χ0) is 12.3. The smallest absolute Gasteiger partial charge is 0.115 e. The first kappa shape index (κ1) is 12.9. The summed E-state index contributed by atoms with van der Waals surface area (Å²) in [6.07, 6.45) is 5.19. The fourth-order valence-electron chi connectivity index (χ4n) is 2.63. The van der Waals surface area contributed by atoms with Gasteiger partial charge in [-0.2, -0.15) is 0 Å². The van der Waals surface area contributed by atoms with Crippen molar-refractivity contribution in [2.24, 2.45) is 0 Å². The van der Waals surface area contributed by atoms with Crippen LogP contribution in [0.4, 0.5) is 0 Å². The molecule has 1 aromatic carbocycles. The first-order chi connectivity index (χ1) is 8.20. The van der Waals surface area contributed by atoms with Crippen LogP contribution in [-0.4, -0.2) is 22.6 Å². The van der Waals surface area contributed by atoms with E-state index in [4.69, 9.17) is 0 Å². The van der Waals surface area contributed by atoms with E-state index in [2.05, 4.69) is 27.8 Å². The molecule has 2 rings (SSSR count). The predicted octanol–water partition coefficient (Wildman–Crippen LogP) is 3.92. The molecule has 0 aliphatic carbocycles. The average Bonchev–Trinajstić information content (AvgIpc) is 2.34. The number of rotatable bonds is 3. The first-order valence-electron chi connectivity index (χ1n) is 6.42. The lowest BCUT2D eigenvalue weighted by Crippen LogP contribution is -2.38. The number of hydrogen-bond acceptors (Lipinski definition) is 2. The number of benzene rings is 1. The molecule has 1 unspecified atom stereocenters. The number of phenolic OH excluding ortho intramolecular Hbond substituents is 1. The molecule has 2 nitrogen and oxygen atoms in total. The summed E-state index contributed by atoms with van der Waals surface area (Å²) in [5.74, 6) is 0.355. The minimum absolute atomic E-state index is 0.355. The maximum atomic E-state index is 9.55. The highest BCUT2D eigenvalue weighted by Gasteiger charge is 2.21. The SMILES string of the molecule is CCC1CCCCN1Cc1cc(O)ccc1Br. The van der Waals surface area contributed by atoms with Gasteiger partial charge in [-0.05, 0) is 49.6 Å². The van der Waals surface area contributed by atoms with E-state index in [0.29, 0.717) is 11.8 Å². The standard InChI is InChI=1S/C14H20BrNO/c1-2-12-5-3-4-8-16(12)10-11-9-13(17)6-7-14(11)15/h6-7,9,12,17H,2-5,8,10H2,1H3. The number of hydrogen-bond donors (Lipinski definition) is 1. The van der Waals surface area contributed by atoms with Crippen LogP contribution in [0.3, 0.4) is 0 Å². The fourth-order valence-corrected chi connectivity index (χ4v) is 3.00. The van der Waals surface area contributed by atoms with Crippen LogP contribution in [0.25, 0.3) is 0 Å². The Morgan fingerprint density at radius 3 is 3.00 bits per heavy atom. The summed E-state index contributed by atoms with van der Waals surface area (Å²) in [5.41, 5.74) is 1.19. The topological polar surface area (TPSA) is 23.5 Å². The summed E-state index contributed by atoms with van der Waals surface area (Å²) in [5, 5.41) is 9.55. The van der Waals surface area contributed by atoms with Gasteiger partial charge < -0.3 is 5.11 Å². The van der Waals surface area contributed by atoms with Crippen LogP contribution in [-0.2, 0) is 6.54 Å². The van der Waals surface area contributed by atoms with Gasteiger partial charge in [0.1, 0.15) is 5.75 Å². The minimum Gasteiger partial charge on any atom is -0.508 e. The van der Waals surface area contributed by atoms with Gasteiger partial charge in [-0.25, -0.2) is 0 Å². The summed E-state index contributed by atoms with van der Waals surface area (Å²) in [6, 6.07) is 6.22. The molecule has 17 heavy (non-hydrogen) atoms. The highest BCUT2D eigenvalue weighted by Crippen LogP contribution is 2.27. The maximum absolute atomic E-state index is 9.55. The third-order valence-corrected chi connectivity index (χ3v) is 4.40. The molecule has 1 fully saturated rings. The van der Waals surface area contributed by atoms with Crippen molar-refractivity contribution in [3.8, 4) is 5.75 Å². The van der Waals surface area contributed by atoms with E-state index < -0.39 is 0 Å². The van der Waals surface area contributed by atoms with E-state index in [9.17, 15) is 5.11 Å². The highest BCUT2D eigenvalue weighted by molar-refractivity contribution is 9.10. The van der Waals surface area contributed by atoms with Gasteiger partial charge in [0, 0.05) is 17.1 Å². The van der Waals surface area contributed by atoms with E-state index in [-0.39, 0.29) is 0 Å². The molecule has 1 aliphatic heterocycles. The summed E-state index contributed by atoms with van der Waals surface area (Å²) in [6.45, 7) is 4.38. The number of nitrogens with zero attached hydrogens (tertiary/aromatic N) is 1. The first-order valence-corrected chi connectivity index (χ1v) is 7.21. The molecule has 94 valence electrons. The molecule has 1 atom stereocenters. The predicted molar refractivity (Wildman–Crippen MR) is 74.1 cm³/mol. The molecule has 0 spiro atoms. The quantitative estimate of drug-likeness (QED) is 0.914. The highest BCUT2D eigenvalue weighted by atomic mass is 79.9. The molecule has 1 aromatic rings. The van der Waals surface area contributed by atoms with Gasteiger partial charge in [-0.1, -0.05) is 29.3 Å². The van der Waals surface area contributed by atoms with E-state index in [1.54, 1.807) is 6.07 Å². The molecular weight excluding hydrogens is 278 g/mol. The Labute approximate surface area is 112 Å². The lowest BCUT2D eigenvalue weighted by molar-refractivity contribution is 0.136. The van der Waals surface area contributed by atoms with E-state index >= 15 is 0 Å². The Morgan fingerprint density at radius 2 is 2.24 bits per heavy atom. The van der Waals surface area contributed by atoms with Crippen LogP contribution >= 0.6 is 15.9 Å². The maximum Gasteiger partial charge on any atom is 0.115 e. The average molecular weight is 298 g/mol. The minimum atomic E-state index is 0.355. The molecule has 0 amide bonds. The van der Waals surface area contributed by atoms with Crippen molar-refractivity contribution in [2.45, 2.75) is 45.2 Å². The monoisotopic (exact) mass is 297 g/mol. The molecule has 0 bridgehead atoms. The van der Waals surface area contributed by atoms with Gasteiger partial charge in [-0.15, -0.1) is 0 Å². The third-order valence-electron chi connectivity index (χ3n) is 3.62. The summed E-state index contributed by atoms with van der Waals surface area (Å²) >= 11 is 3.56. The molecule has 1 N–H and O–H groups in total. The number of phenols is 1. The second-order valence-corrected chi connectivity index (χ2v) is 5.66. The van der Waals surface area contributed by atoms with Crippen molar-refractivity contribution in [3.63, 3.8) is 0 Å². The Kier molecular flexibility index (Phi) is 4.46. The molecule has 0 saturated carbocycles. The van der Waals surface area contributed by atoms with E-state index in [0.717, 1.165) is 11.0 Å². The van der Waals surface area contributed by atoms with Crippen LogP contribution in [0, 0.1) is 0 Å². The number of halogens is 1. The molecule has 3 heteroatoms. The zero-order valence-electron chi connectivity index (χ0n) is 10.3. The third kappa shape index (κ3) is 3.23. The van der Waals surface area contributed by atoms with Gasteiger partial charge >= 0.3 is 0 Å². The van der Waals surface area contributed by atoms with Crippen LogP contribution < -0.4 is 0 Å². The van der Waals surface area contributed by atoms with Gasteiger partial charge in [-0.3, -0.25) is 4.90 Å². The molecule has 1 saturated heterocycles. The summed E-state index contributed by atoms with van der Waals surface area (Å²) in [4.78, 5) is 2.54. The van der Waals surface area contributed by atoms with E-state index in [1.807, 2.05) is 12.1 Å². The van der Waals surface area contributed by atoms with Gasteiger partial charge in [0.05, 0.1) is 0 Å². The number of aromatic hydroxyl groups is 1. The lowest BCUT2D eigenvalue weighted by atomic mass is 9.99. The van der Waals surface area contributed by atoms with Crippen molar-refractivity contribution in [3.05, 3.63) is 28.2 Å². The zero-order valence-corrected chi connectivity index (χ0v) is 11.9. The van der Waals surface area contributed by atoms with Gasteiger partial charge in [0.25, 0.3) is 0 Å². The van der Waals surface area contributed by atoms with Crippen LogP contribution in [0.15, 0.2) is 22.7 Å². The fraction of sp³-hybridized carbons (Fsp3) is 0.571. The largest absolute Gasteiger partial charge is 0.508 e. The normalized spacial score (nSPS) is 21.6. The lowest BCUT2D eigenvalue weighted by Gasteiger charge is -2.35. The van der Waals surface area contributed by atoms with Crippen molar-refractivity contribution in [2.75, 3.05) is 6.54 Å². The Morgan fingerprint density at radius 1 is 1.41 bits per heavy atom. The number of piperidine rings is 1. The van der Waals surface area contributed by atoms with Crippen LogP contribution in [0.5, 0.6) is 5.75 Å². The van der Waals surface area contributed by atoms with Crippen molar-refractivity contribution >= 4 is 15.9 Å².